The summed E-state index contributed by atoms with van der Waals surface area (Å²) in [7, 11) is 1.30. The molecule has 0 radical (unpaired) electrons. The molecule has 0 aliphatic heterocycles. The Morgan fingerprint density at radius 1 is 1.38 bits per heavy atom. The van der Waals surface area contributed by atoms with Gasteiger partial charge in [-0.1, -0.05) is 12.1 Å². The maximum Gasteiger partial charge on any atom is 0.425 e. The molecule has 16 heavy (non-hydrogen) atoms. The average Bonchev–Trinajstić information content (AvgIpc) is 2.28. The summed E-state index contributed by atoms with van der Waals surface area (Å²) in [5.41, 5.74) is 2.93. The molecule has 6 heteroatoms. The van der Waals surface area contributed by atoms with E-state index in [1.807, 2.05) is 5.43 Å². The molecule has 84 valence electrons. The lowest BCUT2D eigenvalue weighted by Gasteiger charge is -1.98. The van der Waals surface area contributed by atoms with Crippen molar-refractivity contribution in [2.45, 2.75) is 0 Å². The van der Waals surface area contributed by atoms with Gasteiger partial charge in [0.1, 0.15) is 0 Å². The van der Waals surface area contributed by atoms with Crippen LogP contribution in [0.15, 0.2) is 29.4 Å². The van der Waals surface area contributed by atoms with Gasteiger partial charge in [-0.05, 0) is 17.7 Å². The first kappa shape index (κ1) is 11.7. The molecule has 2 N–H and O–H groups in total. The Morgan fingerprint density at radius 2 is 2.00 bits per heavy atom. The first-order valence-corrected chi connectivity index (χ1v) is 4.34. The first-order chi connectivity index (χ1) is 7.63. The first-order valence-electron chi connectivity index (χ1n) is 4.34. The van der Waals surface area contributed by atoms with Gasteiger partial charge in [-0.15, -0.1) is 0 Å². The number of ether oxygens (including phenoxy) is 1. The van der Waals surface area contributed by atoms with Gasteiger partial charge >= 0.3 is 12.1 Å². The third-order valence-electron chi connectivity index (χ3n) is 1.71. The zero-order valence-electron chi connectivity index (χ0n) is 8.51. The SMILES string of the molecule is COC(=O)c1ccc(/C=N/NC(=O)O)cc1. The second-order valence-electron chi connectivity index (χ2n) is 2.79. The van der Waals surface area contributed by atoms with Crippen molar-refractivity contribution < 1.29 is 19.4 Å². The number of carbonyl (C=O) groups is 2. The Kier molecular flexibility index (Phi) is 4.02. The number of hydrogen-bond acceptors (Lipinski definition) is 4. The van der Waals surface area contributed by atoms with E-state index in [9.17, 15) is 9.59 Å². The maximum absolute atomic E-state index is 11.1. The largest absolute Gasteiger partial charge is 0.465 e. The fourth-order valence-corrected chi connectivity index (χ4v) is 0.985. The summed E-state index contributed by atoms with van der Waals surface area (Å²) in [4.78, 5) is 21.2. The summed E-state index contributed by atoms with van der Waals surface area (Å²) in [6, 6.07) is 6.38. The van der Waals surface area contributed by atoms with Crippen molar-refractivity contribution in [1.29, 1.82) is 0 Å². The second kappa shape index (κ2) is 5.50. The van der Waals surface area contributed by atoms with Crippen molar-refractivity contribution in [3.05, 3.63) is 35.4 Å². The highest BCUT2D eigenvalue weighted by Crippen LogP contribution is 2.03. The third kappa shape index (κ3) is 3.41. The molecule has 0 saturated heterocycles. The van der Waals surface area contributed by atoms with Crippen LogP contribution in [0.2, 0.25) is 0 Å². The Hall–Kier alpha value is -2.37. The molecule has 0 heterocycles. The lowest BCUT2D eigenvalue weighted by atomic mass is 10.1. The van der Waals surface area contributed by atoms with Crippen LogP contribution >= 0.6 is 0 Å². The maximum atomic E-state index is 11.1. The summed E-state index contributed by atoms with van der Waals surface area (Å²) in [5, 5.41) is 11.7. The Labute approximate surface area is 91.5 Å². The lowest BCUT2D eigenvalue weighted by Crippen LogP contribution is -2.13. The standard InChI is InChI=1S/C10H10N2O4/c1-16-9(13)8-4-2-7(3-5-8)6-11-12-10(14)15/h2-6,12H,1H3,(H,14,15)/b11-6+. The highest BCUT2D eigenvalue weighted by atomic mass is 16.5. The minimum Gasteiger partial charge on any atom is -0.465 e. The zero-order valence-corrected chi connectivity index (χ0v) is 8.51. The smallest absolute Gasteiger partial charge is 0.425 e. The number of rotatable bonds is 3. The molecular formula is C10H10N2O4. The third-order valence-corrected chi connectivity index (χ3v) is 1.71. The number of benzene rings is 1. The van der Waals surface area contributed by atoms with Gasteiger partial charge in [0, 0.05) is 0 Å². The van der Waals surface area contributed by atoms with Gasteiger partial charge in [0.05, 0.1) is 18.9 Å². The number of hydrogen-bond donors (Lipinski definition) is 2. The van der Waals surface area contributed by atoms with Crippen LogP contribution < -0.4 is 5.43 Å². The van der Waals surface area contributed by atoms with E-state index in [2.05, 4.69) is 9.84 Å². The van der Waals surface area contributed by atoms with Crippen LogP contribution in [-0.4, -0.2) is 30.5 Å². The van der Waals surface area contributed by atoms with E-state index in [0.29, 0.717) is 11.1 Å². The van der Waals surface area contributed by atoms with Crippen molar-refractivity contribution in [2.24, 2.45) is 5.10 Å². The molecule has 0 aliphatic rings. The van der Waals surface area contributed by atoms with Gasteiger partial charge in [0.2, 0.25) is 0 Å². The fraction of sp³-hybridized carbons (Fsp3) is 0.100. The van der Waals surface area contributed by atoms with Gasteiger partial charge in [-0.25, -0.2) is 15.0 Å². The quantitative estimate of drug-likeness (QED) is 0.455. The van der Waals surface area contributed by atoms with Crippen molar-refractivity contribution in [3.8, 4) is 0 Å². The normalized spacial score (nSPS) is 10.1. The monoisotopic (exact) mass is 222 g/mol. The van der Waals surface area contributed by atoms with Crippen molar-refractivity contribution in [2.75, 3.05) is 7.11 Å². The minimum absolute atomic E-state index is 0.422. The molecule has 1 aromatic rings. The van der Waals surface area contributed by atoms with Gasteiger partial charge in [0.15, 0.2) is 0 Å². The molecule has 0 saturated carbocycles. The number of esters is 1. The van der Waals surface area contributed by atoms with E-state index < -0.39 is 12.1 Å². The van der Waals surface area contributed by atoms with Gasteiger partial charge in [0.25, 0.3) is 0 Å². The number of nitrogens with one attached hydrogen (secondary N) is 1. The molecule has 1 rings (SSSR count). The van der Waals surface area contributed by atoms with E-state index in [-0.39, 0.29) is 0 Å². The van der Waals surface area contributed by atoms with E-state index in [0.717, 1.165) is 0 Å². The molecule has 0 aromatic heterocycles. The van der Waals surface area contributed by atoms with Crippen LogP contribution in [0.3, 0.4) is 0 Å². The number of nitrogens with zero attached hydrogens (tertiary/aromatic N) is 1. The number of hydrazone groups is 1. The minimum atomic E-state index is -1.23. The number of carboxylic acid groups (broad SMARTS) is 1. The van der Waals surface area contributed by atoms with Gasteiger partial charge < -0.3 is 9.84 Å². The highest BCUT2D eigenvalue weighted by molar-refractivity contribution is 5.90. The van der Waals surface area contributed by atoms with Crippen molar-refractivity contribution in [3.63, 3.8) is 0 Å². The average molecular weight is 222 g/mol. The molecular weight excluding hydrogens is 212 g/mol. The van der Waals surface area contributed by atoms with E-state index >= 15 is 0 Å². The predicted molar refractivity (Wildman–Crippen MR) is 56.5 cm³/mol. The van der Waals surface area contributed by atoms with Crippen LogP contribution in [0, 0.1) is 0 Å². The molecule has 0 bridgehead atoms. The molecule has 1 amide bonds. The van der Waals surface area contributed by atoms with Crippen LogP contribution in [0.4, 0.5) is 4.79 Å². The number of carbonyl (C=O) groups excluding carboxylic acids is 1. The van der Waals surface area contributed by atoms with Crippen LogP contribution in [0.25, 0.3) is 0 Å². The molecule has 0 aliphatic carbocycles. The topological polar surface area (TPSA) is 88.0 Å². The Balaban J connectivity index is 2.68. The van der Waals surface area contributed by atoms with Crippen molar-refractivity contribution >= 4 is 18.3 Å². The molecule has 1 aromatic carbocycles. The molecule has 0 spiro atoms. The molecule has 0 unspecified atom stereocenters. The number of amides is 1. The van der Waals surface area contributed by atoms with Gasteiger partial charge in [-0.2, -0.15) is 5.10 Å². The summed E-state index contributed by atoms with van der Waals surface area (Å²) < 4.78 is 4.53. The molecule has 0 atom stereocenters. The van der Waals surface area contributed by atoms with E-state index in [1.54, 1.807) is 24.3 Å². The second-order valence-corrected chi connectivity index (χ2v) is 2.79. The predicted octanol–water partition coefficient (Wildman–Crippen LogP) is 1.07. The zero-order chi connectivity index (χ0) is 12.0. The van der Waals surface area contributed by atoms with Crippen LogP contribution in [0.5, 0.6) is 0 Å². The Morgan fingerprint density at radius 3 is 2.50 bits per heavy atom. The summed E-state index contributed by atoms with van der Waals surface area (Å²) in [6.07, 6.45) is 0.0947. The summed E-state index contributed by atoms with van der Waals surface area (Å²) >= 11 is 0. The highest BCUT2D eigenvalue weighted by Gasteiger charge is 2.03. The van der Waals surface area contributed by atoms with Crippen LogP contribution in [-0.2, 0) is 4.74 Å². The van der Waals surface area contributed by atoms with E-state index in [4.69, 9.17) is 5.11 Å². The fourth-order valence-electron chi connectivity index (χ4n) is 0.985. The Bertz CT molecular complexity index is 411. The van der Waals surface area contributed by atoms with Crippen LogP contribution in [0.1, 0.15) is 15.9 Å². The molecule has 6 nitrogen and oxygen atoms in total. The van der Waals surface area contributed by atoms with Gasteiger partial charge in [-0.3, -0.25) is 0 Å². The lowest BCUT2D eigenvalue weighted by molar-refractivity contribution is 0.0600. The van der Waals surface area contributed by atoms with E-state index in [1.165, 1.54) is 13.3 Å². The van der Waals surface area contributed by atoms with Crippen molar-refractivity contribution in [1.82, 2.24) is 5.43 Å². The number of methoxy groups -OCH3 is 1. The summed E-state index contributed by atoms with van der Waals surface area (Å²) in [6.45, 7) is 0. The summed E-state index contributed by atoms with van der Waals surface area (Å²) in [5.74, 6) is -0.424. The molecule has 0 fully saturated rings.